The first-order valence-electron chi connectivity index (χ1n) is 6.17. The number of thiazole rings is 1. The Morgan fingerprint density at radius 2 is 2.10 bits per heavy atom. The van der Waals surface area contributed by atoms with Gasteiger partial charge in [-0.15, -0.1) is 11.3 Å². The van der Waals surface area contributed by atoms with E-state index in [-0.39, 0.29) is 0 Å². The van der Waals surface area contributed by atoms with E-state index >= 15 is 0 Å². The van der Waals surface area contributed by atoms with Crippen molar-refractivity contribution in [3.63, 3.8) is 0 Å². The third-order valence-electron chi connectivity index (χ3n) is 2.84. The van der Waals surface area contributed by atoms with Crippen LogP contribution in [0.2, 0.25) is 0 Å². The predicted octanol–water partition coefficient (Wildman–Crippen LogP) is 3.45. The van der Waals surface area contributed by atoms with Crippen LogP contribution in [0.4, 0.5) is 5.88 Å². The Kier molecular flexibility index (Phi) is 3.39. The van der Waals surface area contributed by atoms with Gasteiger partial charge >= 0.3 is 0 Å². The lowest BCUT2D eigenvalue weighted by atomic mass is 10.0. The Morgan fingerprint density at radius 3 is 2.75 bits per heavy atom. The van der Waals surface area contributed by atoms with Gasteiger partial charge in [-0.05, 0) is 24.6 Å². The molecule has 2 heterocycles. The number of nitrogens with zero attached hydrogens (tertiary/aromatic N) is 2. The molecule has 5 nitrogen and oxygen atoms in total. The van der Waals surface area contributed by atoms with Gasteiger partial charge in [0, 0.05) is 6.20 Å². The molecular formula is C14H13N3O2S. The summed E-state index contributed by atoms with van der Waals surface area (Å²) in [5, 5.41) is 4.03. The van der Waals surface area contributed by atoms with E-state index in [2.05, 4.69) is 10.1 Å². The van der Waals surface area contributed by atoms with Crippen LogP contribution in [-0.2, 0) is 0 Å². The van der Waals surface area contributed by atoms with Crippen molar-refractivity contribution in [2.75, 3.05) is 12.3 Å². The number of nitrogen functional groups attached to an aromatic ring is 1. The molecule has 3 rings (SSSR count). The van der Waals surface area contributed by atoms with Crippen molar-refractivity contribution in [1.82, 2.24) is 10.1 Å². The Hall–Kier alpha value is -2.34. The summed E-state index contributed by atoms with van der Waals surface area (Å²) >= 11 is 1.50. The Bertz CT molecular complexity index is 690. The summed E-state index contributed by atoms with van der Waals surface area (Å²) in [5.74, 6) is 1.13. The van der Waals surface area contributed by atoms with Crippen molar-refractivity contribution >= 4 is 17.2 Å². The fourth-order valence-electron chi connectivity index (χ4n) is 1.97. The van der Waals surface area contributed by atoms with E-state index in [1.807, 2.05) is 31.2 Å². The minimum atomic E-state index is 0.303. The zero-order valence-corrected chi connectivity index (χ0v) is 11.7. The average molecular weight is 287 g/mol. The zero-order chi connectivity index (χ0) is 13.9. The van der Waals surface area contributed by atoms with Crippen LogP contribution in [-0.4, -0.2) is 16.7 Å². The fraction of sp³-hybridized carbons (Fsp3) is 0.143. The molecule has 0 aliphatic heterocycles. The summed E-state index contributed by atoms with van der Waals surface area (Å²) in [7, 11) is 0. The maximum absolute atomic E-state index is 5.90. The van der Waals surface area contributed by atoms with E-state index in [0.29, 0.717) is 18.2 Å². The lowest BCUT2D eigenvalue weighted by Gasteiger charge is -2.05. The second kappa shape index (κ2) is 5.34. The van der Waals surface area contributed by atoms with Gasteiger partial charge < -0.3 is 15.0 Å². The monoisotopic (exact) mass is 287 g/mol. The number of hydrogen-bond acceptors (Lipinski definition) is 6. The number of nitrogens with two attached hydrogens (primary N) is 1. The summed E-state index contributed by atoms with van der Waals surface area (Å²) < 4.78 is 10.6. The number of hydrogen-bond donors (Lipinski definition) is 1. The molecule has 2 N–H and O–H groups in total. The molecule has 0 saturated carbocycles. The van der Waals surface area contributed by atoms with Crippen LogP contribution in [0.25, 0.3) is 21.7 Å². The summed E-state index contributed by atoms with van der Waals surface area (Å²) in [6.45, 7) is 2.59. The normalized spacial score (nSPS) is 10.7. The highest BCUT2D eigenvalue weighted by Gasteiger charge is 2.18. The largest absolute Gasteiger partial charge is 0.494 e. The first-order valence-corrected chi connectivity index (χ1v) is 7.04. The summed E-state index contributed by atoms with van der Waals surface area (Å²) in [5.41, 5.74) is 10.1. The van der Waals surface area contributed by atoms with Crippen molar-refractivity contribution in [1.29, 1.82) is 0 Å². The molecule has 0 atom stereocenters. The molecular weight excluding hydrogens is 274 g/mol. The molecule has 1 aromatic carbocycles. The number of rotatable bonds is 4. The molecule has 0 unspecified atom stereocenters. The molecule has 0 fully saturated rings. The van der Waals surface area contributed by atoms with Gasteiger partial charge in [0.15, 0.2) is 0 Å². The zero-order valence-electron chi connectivity index (χ0n) is 10.9. The molecule has 20 heavy (non-hydrogen) atoms. The van der Waals surface area contributed by atoms with Gasteiger partial charge in [-0.1, -0.05) is 17.3 Å². The SMILES string of the molecule is CCOc1ccc(-c2c(-c3cncs3)noc2N)cc1. The van der Waals surface area contributed by atoms with Crippen molar-refractivity contribution in [3.05, 3.63) is 36.0 Å². The number of ether oxygens (including phenoxy) is 1. The first-order chi connectivity index (χ1) is 9.79. The molecule has 0 radical (unpaired) electrons. The van der Waals surface area contributed by atoms with Gasteiger partial charge in [0.2, 0.25) is 5.88 Å². The Labute approximate surface area is 120 Å². The quantitative estimate of drug-likeness (QED) is 0.795. The summed E-state index contributed by atoms with van der Waals surface area (Å²) in [6, 6.07) is 7.69. The van der Waals surface area contributed by atoms with Crippen LogP contribution < -0.4 is 10.5 Å². The molecule has 0 saturated heterocycles. The second-order valence-corrected chi connectivity index (χ2v) is 4.98. The molecule has 0 aliphatic carbocycles. The van der Waals surface area contributed by atoms with Crippen LogP contribution >= 0.6 is 11.3 Å². The fourth-order valence-corrected chi connectivity index (χ4v) is 2.58. The summed E-state index contributed by atoms with van der Waals surface area (Å²) in [4.78, 5) is 4.98. The molecule has 102 valence electrons. The first kappa shape index (κ1) is 12.7. The Balaban J connectivity index is 2.03. The number of benzene rings is 1. The Morgan fingerprint density at radius 1 is 1.30 bits per heavy atom. The van der Waals surface area contributed by atoms with E-state index in [1.165, 1.54) is 11.3 Å². The minimum absolute atomic E-state index is 0.303. The predicted molar refractivity (Wildman–Crippen MR) is 78.6 cm³/mol. The van der Waals surface area contributed by atoms with Crippen molar-refractivity contribution < 1.29 is 9.26 Å². The van der Waals surface area contributed by atoms with Gasteiger partial charge in [0.1, 0.15) is 11.4 Å². The van der Waals surface area contributed by atoms with Crippen LogP contribution in [0.1, 0.15) is 6.92 Å². The van der Waals surface area contributed by atoms with Crippen molar-refractivity contribution in [3.8, 4) is 27.4 Å². The standard InChI is InChI=1S/C14H13N3O2S/c1-2-18-10-5-3-9(4-6-10)12-13(17-19-14(12)15)11-7-16-8-20-11/h3-8H,2,15H2,1H3. The van der Waals surface area contributed by atoms with Gasteiger partial charge in [-0.2, -0.15) is 0 Å². The number of anilines is 1. The highest BCUT2D eigenvalue weighted by molar-refractivity contribution is 7.13. The van der Waals surface area contributed by atoms with E-state index in [9.17, 15) is 0 Å². The molecule has 3 aromatic rings. The van der Waals surface area contributed by atoms with E-state index < -0.39 is 0 Å². The molecule has 0 bridgehead atoms. The van der Waals surface area contributed by atoms with E-state index in [1.54, 1.807) is 11.7 Å². The van der Waals surface area contributed by atoms with Crippen molar-refractivity contribution in [2.24, 2.45) is 0 Å². The van der Waals surface area contributed by atoms with Crippen LogP contribution in [0.3, 0.4) is 0 Å². The minimum Gasteiger partial charge on any atom is -0.494 e. The topological polar surface area (TPSA) is 74.2 Å². The van der Waals surface area contributed by atoms with Crippen LogP contribution in [0.15, 0.2) is 40.5 Å². The van der Waals surface area contributed by atoms with Gasteiger partial charge in [0.05, 0.1) is 22.6 Å². The molecule has 6 heteroatoms. The maximum Gasteiger partial charge on any atom is 0.230 e. The molecule has 0 spiro atoms. The van der Waals surface area contributed by atoms with Crippen molar-refractivity contribution in [2.45, 2.75) is 6.92 Å². The highest BCUT2D eigenvalue weighted by Crippen LogP contribution is 2.37. The molecule has 0 amide bonds. The highest BCUT2D eigenvalue weighted by atomic mass is 32.1. The van der Waals surface area contributed by atoms with Gasteiger partial charge in [0.25, 0.3) is 0 Å². The molecule has 0 aliphatic rings. The number of aromatic nitrogens is 2. The van der Waals surface area contributed by atoms with E-state index in [0.717, 1.165) is 21.8 Å². The average Bonchev–Trinajstić information content (AvgIpc) is 3.09. The third-order valence-corrected chi connectivity index (χ3v) is 3.62. The maximum atomic E-state index is 5.90. The summed E-state index contributed by atoms with van der Waals surface area (Å²) in [6.07, 6.45) is 1.75. The lowest BCUT2D eigenvalue weighted by molar-refractivity contribution is 0.340. The van der Waals surface area contributed by atoms with Crippen LogP contribution in [0.5, 0.6) is 5.75 Å². The smallest absolute Gasteiger partial charge is 0.230 e. The van der Waals surface area contributed by atoms with Gasteiger partial charge in [-0.25, -0.2) is 0 Å². The molecule has 2 aromatic heterocycles. The second-order valence-electron chi connectivity index (χ2n) is 4.09. The third kappa shape index (κ3) is 2.25. The van der Waals surface area contributed by atoms with Crippen LogP contribution in [0, 0.1) is 0 Å². The lowest BCUT2D eigenvalue weighted by Crippen LogP contribution is -1.91. The van der Waals surface area contributed by atoms with Gasteiger partial charge in [-0.3, -0.25) is 4.98 Å². The van der Waals surface area contributed by atoms with E-state index in [4.69, 9.17) is 15.0 Å².